The van der Waals surface area contributed by atoms with E-state index in [0.717, 1.165) is 14.7 Å². The fourth-order valence-corrected chi connectivity index (χ4v) is 3.48. The van der Waals surface area contributed by atoms with Gasteiger partial charge in [-0.15, -0.1) is 0 Å². The maximum Gasteiger partial charge on any atom is 0.338 e. The second-order valence-corrected chi connectivity index (χ2v) is 6.03. The number of hydrogen-bond donors (Lipinski definition) is 0. The van der Waals surface area contributed by atoms with Crippen molar-refractivity contribution in [3.05, 3.63) is 70.8 Å². The van der Waals surface area contributed by atoms with Crippen LogP contribution in [0.15, 0.2) is 48.5 Å². The summed E-state index contributed by atoms with van der Waals surface area (Å²) in [5, 5.41) is 0. The summed E-state index contributed by atoms with van der Waals surface area (Å²) < 4.78 is 17.3. The van der Waals surface area contributed by atoms with Crippen molar-refractivity contribution in [2.24, 2.45) is 0 Å². The summed E-state index contributed by atoms with van der Waals surface area (Å²) in [4.78, 5) is 12.0. The highest BCUT2D eigenvalue weighted by Gasteiger charge is 2.29. The lowest BCUT2D eigenvalue weighted by molar-refractivity contribution is -0.0766. The Hall–Kier alpha value is -1.86. The van der Waals surface area contributed by atoms with Gasteiger partial charge in [-0.05, 0) is 28.7 Å². The number of methoxy groups -OCH3 is 2. The lowest BCUT2D eigenvalue weighted by Gasteiger charge is -2.28. The summed E-state index contributed by atoms with van der Waals surface area (Å²) in [6, 6.07) is 15.2. The Kier molecular flexibility index (Phi) is 4.68. The van der Waals surface area contributed by atoms with Gasteiger partial charge in [0.2, 0.25) is 6.29 Å². The molecule has 2 aromatic carbocycles. The van der Waals surface area contributed by atoms with E-state index in [2.05, 4.69) is 22.6 Å². The first-order valence-corrected chi connectivity index (χ1v) is 8.11. The van der Waals surface area contributed by atoms with Crippen LogP contribution < -0.4 is 0 Å². The van der Waals surface area contributed by atoms with Crippen molar-refractivity contribution in [3.8, 4) is 0 Å². The number of carbonyl (C=O) groups excluding carboxylic acids is 1. The van der Waals surface area contributed by atoms with Crippen molar-refractivity contribution >= 4 is 37.9 Å². The normalized spacial score (nSPS) is 16.6. The van der Waals surface area contributed by atoms with Crippen LogP contribution in [0.25, 0.3) is 9.34 Å². The molecular formula is C18H15IO4. The van der Waals surface area contributed by atoms with Gasteiger partial charge >= 0.3 is 5.97 Å². The Morgan fingerprint density at radius 1 is 1.04 bits per heavy atom. The van der Waals surface area contributed by atoms with Crippen LogP contribution in [0.1, 0.15) is 33.3 Å². The van der Waals surface area contributed by atoms with Gasteiger partial charge in [0, 0.05) is 23.8 Å². The number of halogens is 1. The molecule has 1 atom stereocenters. The van der Waals surface area contributed by atoms with Crippen LogP contribution in [-0.2, 0) is 14.2 Å². The van der Waals surface area contributed by atoms with Crippen LogP contribution >= 0.6 is 22.6 Å². The second kappa shape index (κ2) is 6.72. The SMILES string of the molecule is COC(=O)c1ccccc1C1=C(I)c2ccccc2C(OC)O1. The number of benzene rings is 2. The first-order chi connectivity index (χ1) is 11.2. The van der Waals surface area contributed by atoms with Gasteiger partial charge in [-0.2, -0.15) is 0 Å². The summed E-state index contributed by atoms with van der Waals surface area (Å²) in [7, 11) is 2.97. The third-order valence-corrected chi connectivity index (χ3v) is 4.74. The van der Waals surface area contributed by atoms with Crippen molar-refractivity contribution < 1.29 is 19.0 Å². The number of rotatable bonds is 3. The Morgan fingerprint density at radius 3 is 2.39 bits per heavy atom. The fraction of sp³-hybridized carbons (Fsp3) is 0.167. The molecule has 4 nitrogen and oxygen atoms in total. The molecule has 0 amide bonds. The van der Waals surface area contributed by atoms with Crippen LogP contribution in [0.2, 0.25) is 0 Å². The van der Waals surface area contributed by atoms with Gasteiger partial charge in [0.05, 0.1) is 16.3 Å². The minimum absolute atomic E-state index is 0.395. The monoisotopic (exact) mass is 422 g/mol. The fourth-order valence-electron chi connectivity index (χ4n) is 2.57. The molecule has 1 heterocycles. The number of carbonyl (C=O) groups is 1. The van der Waals surface area contributed by atoms with Crippen molar-refractivity contribution in [3.63, 3.8) is 0 Å². The van der Waals surface area contributed by atoms with Crippen LogP contribution in [-0.4, -0.2) is 20.2 Å². The summed E-state index contributed by atoms with van der Waals surface area (Å²) >= 11 is 2.24. The molecule has 23 heavy (non-hydrogen) atoms. The molecule has 1 unspecified atom stereocenters. The minimum Gasteiger partial charge on any atom is -0.465 e. The summed E-state index contributed by atoms with van der Waals surface area (Å²) in [6.45, 7) is 0. The maximum atomic E-state index is 12.0. The zero-order chi connectivity index (χ0) is 16.4. The molecule has 0 N–H and O–H groups in total. The molecular weight excluding hydrogens is 407 g/mol. The molecule has 2 aromatic rings. The first kappa shape index (κ1) is 16.0. The molecule has 0 saturated carbocycles. The third kappa shape index (κ3) is 2.86. The summed E-state index contributed by atoms with van der Waals surface area (Å²) in [5.41, 5.74) is 3.17. The molecule has 118 valence electrons. The Bertz CT molecular complexity index is 782. The Labute approximate surface area is 148 Å². The van der Waals surface area contributed by atoms with Crippen molar-refractivity contribution in [2.45, 2.75) is 6.29 Å². The van der Waals surface area contributed by atoms with Gasteiger partial charge in [-0.1, -0.05) is 42.5 Å². The molecule has 0 aliphatic carbocycles. The second-order valence-electron chi connectivity index (χ2n) is 4.95. The predicted octanol–water partition coefficient (Wildman–Crippen LogP) is 4.41. The van der Waals surface area contributed by atoms with E-state index >= 15 is 0 Å². The maximum absolute atomic E-state index is 12.0. The molecule has 1 aliphatic heterocycles. The smallest absolute Gasteiger partial charge is 0.338 e. The molecule has 5 heteroatoms. The van der Waals surface area contributed by atoms with Crippen molar-refractivity contribution in [1.82, 2.24) is 0 Å². The molecule has 0 fully saturated rings. The average molecular weight is 422 g/mol. The molecule has 0 spiro atoms. The highest BCUT2D eigenvalue weighted by Crippen LogP contribution is 2.44. The number of ether oxygens (including phenoxy) is 3. The van der Waals surface area contributed by atoms with Gasteiger partial charge in [-0.3, -0.25) is 0 Å². The highest BCUT2D eigenvalue weighted by atomic mass is 127. The van der Waals surface area contributed by atoms with Crippen LogP contribution in [0.4, 0.5) is 0 Å². The standard InChI is InChI=1S/C18H15IO4/c1-21-17(20)13-9-5-4-8-12(13)16-15(19)11-7-3-6-10-14(11)18(22-2)23-16/h3-10,18H,1-2H3. The van der Waals surface area contributed by atoms with Crippen LogP contribution in [0.3, 0.4) is 0 Å². The molecule has 0 saturated heterocycles. The van der Waals surface area contributed by atoms with Crippen molar-refractivity contribution in [2.75, 3.05) is 14.2 Å². The molecule has 3 rings (SSSR count). The number of fused-ring (bicyclic) bond motifs is 1. The van der Waals surface area contributed by atoms with Crippen LogP contribution in [0, 0.1) is 0 Å². The first-order valence-electron chi connectivity index (χ1n) is 7.03. The Morgan fingerprint density at radius 2 is 1.70 bits per heavy atom. The molecule has 0 radical (unpaired) electrons. The van der Waals surface area contributed by atoms with E-state index in [1.54, 1.807) is 19.2 Å². The third-order valence-electron chi connectivity index (χ3n) is 3.67. The largest absolute Gasteiger partial charge is 0.465 e. The summed E-state index contributed by atoms with van der Waals surface area (Å²) in [5.74, 6) is 0.228. The van der Waals surface area contributed by atoms with Crippen molar-refractivity contribution in [1.29, 1.82) is 0 Å². The highest BCUT2D eigenvalue weighted by molar-refractivity contribution is 14.1. The van der Waals surface area contributed by atoms with E-state index in [1.807, 2.05) is 36.4 Å². The lowest BCUT2D eigenvalue weighted by Crippen LogP contribution is -2.15. The number of esters is 1. The topological polar surface area (TPSA) is 44.8 Å². The lowest BCUT2D eigenvalue weighted by atomic mass is 9.99. The van der Waals surface area contributed by atoms with Gasteiger partial charge in [-0.25, -0.2) is 4.79 Å². The summed E-state index contributed by atoms with van der Waals surface area (Å²) in [6.07, 6.45) is -0.509. The molecule has 0 bridgehead atoms. The molecule has 0 aromatic heterocycles. The Balaban J connectivity index is 2.19. The van der Waals surface area contributed by atoms with Gasteiger partial charge in [0.25, 0.3) is 0 Å². The number of hydrogen-bond acceptors (Lipinski definition) is 4. The average Bonchev–Trinajstić information content (AvgIpc) is 2.62. The van der Waals surface area contributed by atoms with Gasteiger partial charge < -0.3 is 14.2 Å². The van der Waals surface area contributed by atoms with E-state index < -0.39 is 12.3 Å². The van der Waals surface area contributed by atoms with E-state index in [1.165, 1.54) is 7.11 Å². The van der Waals surface area contributed by atoms with E-state index in [9.17, 15) is 4.79 Å². The van der Waals surface area contributed by atoms with E-state index in [-0.39, 0.29) is 0 Å². The zero-order valence-electron chi connectivity index (χ0n) is 12.7. The minimum atomic E-state index is -0.509. The van der Waals surface area contributed by atoms with Crippen LogP contribution in [0.5, 0.6) is 0 Å². The van der Waals surface area contributed by atoms with Gasteiger partial charge in [0.15, 0.2) is 0 Å². The quantitative estimate of drug-likeness (QED) is 0.543. The predicted molar refractivity (Wildman–Crippen MR) is 95.9 cm³/mol. The van der Waals surface area contributed by atoms with Gasteiger partial charge in [0.1, 0.15) is 5.76 Å². The molecule has 1 aliphatic rings. The van der Waals surface area contributed by atoms with E-state index in [4.69, 9.17) is 14.2 Å². The zero-order valence-corrected chi connectivity index (χ0v) is 14.9. The van der Waals surface area contributed by atoms with E-state index in [0.29, 0.717) is 16.9 Å².